The van der Waals surface area contributed by atoms with Gasteiger partial charge >= 0.3 is 12.0 Å². The fourth-order valence-corrected chi connectivity index (χ4v) is 3.82. The lowest BCUT2D eigenvalue weighted by Gasteiger charge is -2.31. The van der Waals surface area contributed by atoms with E-state index in [1.54, 1.807) is 39.3 Å². The van der Waals surface area contributed by atoms with Crippen molar-refractivity contribution in [3.63, 3.8) is 0 Å². The third kappa shape index (κ3) is 4.24. The van der Waals surface area contributed by atoms with Gasteiger partial charge in [-0.1, -0.05) is 6.92 Å². The number of ether oxygens (including phenoxy) is 3. The molecule has 0 aromatic heterocycles. The first-order chi connectivity index (χ1) is 13.4. The Hall–Kier alpha value is -2.70. The molecule has 0 radical (unpaired) electrons. The van der Waals surface area contributed by atoms with Crippen LogP contribution in [-0.2, 0) is 9.53 Å². The molecule has 2 aliphatic rings. The SMILES string of the molecule is COc1ccc([C@H]2NC(=O)NC(C)=C2C(=O)OC2CCC(C)CC2)c(OC)c1. The van der Waals surface area contributed by atoms with Gasteiger partial charge in [-0.3, -0.25) is 0 Å². The summed E-state index contributed by atoms with van der Waals surface area (Å²) < 4.78 is 16.5. The summed E-state index contributed by atoms with van der Waals surface area (Å²) in [5, 5.41) is 5.50. The van der Waals surface area contributed by atoms with Gasteiger partial charge in [-0.15, -0.1) is 0 Å². The standard InChI is InChI=1S/C21H28N2O5/c1-12-5-7-14(8-6-12)28-20(24)18-13(2)22-21(25)23-19(18)16-10-9-15(26-3)11-17(16)27-4/h9-12,14,19H,5-8H2,1-4H3,(H2,22,23,25)/t12?,14?,19-/m1/s1. The molecule has 0 unspecified atom stereocenters. The summed E-state index contributed by atoms with van der Waals surface area (Å²) in [5.41, 5.74) is 1.55. The van der Waals surface area contributed by atoms with Crippen LogP contribution >= 0.6 is 0 Å². The van der Waals surface area contributed by atoms with Crippen LogP contribution in [0.15, 0.2) is 29.5 Å². The van der Waals surface area contributed by atoms with Gasteiger partial charge in [0.1, 0.15) is 17.6 Å². The number of rotatable bonds is 5. The Balaban J connectivity index is 1.90. The summed E-state index contributed by atoms with van der Waals surface area (Å²) in [7, 11) is 3.11. The van der Waals surface area contributed by atoms with Gasteiger partial charge in [0, 0.05) is 17.3 Å². The molecule has 1 aliphatic heterocycles. The minimum Gasteiger partial charge on any atom is -0.497 e. The molecule has 28 heavy (non-hydrogen) atoms. The first-order valence-corrected chi connectivity index (χ1v) is 9.64. The van der Waals surface area contributed by atoms with E-state index in [1.165, 1.54) is 0 Å². The lowest BCUT2D eigenvalue weighted by Crippen LogP contribution is -2.45. The summed E-state index contributed by atoms with van der Waals surface area (Å²) in [6.45, 7) is 3.93. The number of amides is 2. The molecule has 3 rings (SSSR count). The van der Waals surface area contributed by atoms with Crippen LogP contribution in [0, 0.1) is 5.92 Å². The Morgan fingerprint density at radius 2 is 1.82 bits per heavy atom. The highest BCUT2D eigenvalue weighted by Gasteiger charge is 2.35. The molecule has 1 atom stereocenters. The number of carbonyl (C=O) groups excluding carboxylic acids is 2. The average molecular weight is 388 g/mol. The highest BCUT2D eigenvalue weighted by molar-refractivity contribution is 5.95. The Morgan fingerprint density at radius 3 is 2.46 bits per heavy atom. The second kappa shape index (κ2) is 8.54. The molecule has 0 saturated heterocycles. The first kappa shape index (κ1) is 20.0. The number of carbonyl (C=O) groups is 2. The van der Waals surface area contributed by atoms with Crippen LogP contribution in [0.2, 0.25) is 0 Å². The summed E-state index contributed by atoms with van der Waals surface area (Å²) >= 11 is 0. The Kier molecular flexibility index (Phi) is 6.11. The van der Waals surface area contributed by atoms with Crippen molar-refractivity contribution in [2.75, 3.05) is 14.2 Å². The molecule has 1 heterocycles. The Bertz CT molecular complexity index is 781. The van der Waals surface area contributed by atoms with E-state index in [0.717, 1.165) is 25.7 Å². The van der Waals surface area contributed by atoms with E-state index >= 15 is 0 Å². The Morgan fingerprint density at radius 1 is 1.11 bits per heavy atom. The molecule has 7 heteroatoms. The van der Waals surface area contributed by atoms with Gasteiger partial charge in [0.15, 0.2) is 0 Å². The number of methoxy groups -OCH3 is 2. The number of benzene rings is 1. The molecule has 1 aromatic rings. The van der Waals surface area contributed by atoms with Crippen molar-refractivity contribution < 1.29 is 23.8 Å². The maximum atomic E-state index is 13.0. The molecule has 2 amide bonds. The predicted molar refractivity (Wildman–Crippen MR) is 104 cm³/mol. The highest BCUT2D eigenvalue weighted by atomic mass is 16.5. The van der Waals surface area contributed by atoms with E-state index < -0.39 is 12.0 Å². The summed E-state index contributed by atoms with van der Waals surface area (Å²) in [4.78, 5) is 25.1. The van der Waals surface area contributed by atoms with Crippen molar-refractivity contribution in [3.8, 4) is 11.5 Å². The second-order valence-corrected chi connectivity index (χ2v) is 7.47. The molecule has 0 bridgehead atoms. The second-order valence-electron chi connectivity index (χ2n) is 7.47. The molecule has 2 N–H and O–H groups in total. The monoisotopic (exact) mass is 388 g/mol. The lowest BCUT2D eigenvalue weighted by atomic mass is 9.88. The topological polar surface area (TPSA) is 85.9 Å². The van der Waals surface area contributed by atoms with E-state index in [9.17, 15) is 9.59 Å². The molecule has 152 valence electrons. The van der Waals surface area contributed by atoms with Gasteiger partial charge in [-0.25, -0.2) is 9.59 Å². The first-order valence-electron chi connectivity index (χ1n) is 9.64. The van der Waals surface area contributed by atoms with Crippen molar-refractivity contribution in [3.05, 3.63) is 35.0 Å². The van der Waals surface area contributed by atoms with Gasteiger partial charge in [0.05, 0.1) is 25.8 Å². The zero-order valence-corrected chi connectivity index (χ0v) is 16.8. The molecule has 0 spiro atoms. The number of esters is 1. The van der Waals surface area contributed by atoms with E-state index in [4.69, 9.17) is 14.2 Å². The third-order valence-corrected chi connectivity index (χ3v) is 5.48. The van der Waals surface area contributed by atoms with E-state index in [2.05, 4.69) is 17.6 Å². The highest BCUT2D eigenvalue weighted by Crippen LogP contribution is 2.36. The minimum atomic E-state index is -0.662. The largest absolute Gasteiger partial charge is 0.497 e. The summed E-state index contributed by atoms with van der Waals surface area (Å²) in [6, 6.07) is 4.25. The number of hydrogen-bond donors (Lipinski definition) is 2. The van der Waals surface area contributed by atoms with E-state index in [1.807, 2.05) is 0 Å². The van der Waals surface area contributed by atoms with Crippen LogP contribution in [0.4, 0.5) is 4.79 Å². The van der Waals surface area contributed by atoms with Crippen LogP contribution in [0.25, 0.3) is 0 Å². The quantitative estimate of drug-likeness (QED) is 0.755. The van der Waals surface area contributed by atoms with Crippen LogP contribution in [0.5, 0.6) is 11.5 Å². The van der Waals surface area contributed by atoms with Crippen molar-refractivity contribution in [1.82, 2.24) is 10.6 Å². The van der Waals surface area contributed by atoms with Crippen molar-refractivity contribution in [2.45, 2.75) is 51.7 Å². The molecule has 7 nitrogen and oxygen atoms in total. The van der Waals surface area contributed by atoms with E-state index in [0.29, 0.717) is 34.3 Å². The van der Waals surface area contributed by atoms with Gasteiger partial charge in [-0.05, 0) is 50.7 Å². The number of urea groups is 1. The third-order valence-electron chi connectivity index (χ3n) is 5.48. The van der Waals surface area contributed by atoms with Crippen molar-refractivity contribution >= 4 is 12.0 Å². The fourth-order valence-electron chi connectivity index (χ4n) is 3.82. The van der Waals surface area contributed by atoms with Crippen LogP contribution in [0.3, 0.4) is 0 Å². The van der Waals surface area contributed by atoms with Gasteiger partial charge in [0.2, 0.25) is 0 Å². The average Bonchev–Trinajstić information content (AvgIpc) is 2.68. The molecule has 1 saturated carbocycles. The summed E-state index contributed by atoms with van der Waals surface area (Å²) in [5.74, 6) is 1.41. The number of allylic oxidation sites excluding steroid dienone is 1. The smallest absolute Gasteiger partial charge is 0.338 e. The number of nitrogens with one attached hydrogen (secondary N) is 2. The van der Waals surface area contributed by atoms with Crippen LogP contribution in [0.1, 0.15) is 51.1 Å². The normalized spacial score (nSPS) is 24.9. The predicted octanol–water partition coefficient (Wildman–Crippen LogP) is 3.45. The molecule has 1 aromatic carbocycles. The van der Waals surface area contributed by atoms with Gasteiger partial charge in [0.25, 0.3) is 0 Å². The Labute approximate surface area is 165 Å². The zero-order chi connectivity index (χ0) is 20.3. The van der Waals surface area contributed by atoms with Crippen molar-refractivity contribution in [2.24, 2.45) is 5.92 Å². The minimum absolute atomic E-state index is 0.0833. The number of hydrogen-bond acceptors (Lipinski definition) is 5. The molecular weight excluding hydrogens is 360 g/mol. The van der Waals surface area contributed by atoms with Crippen molar-refractivity contribution in [1.29, 1.82) is 0 Å². The molecular formula is C21H28N2O5. The zero-order valence-electron chi connectivity index (χ0n) is 16.8. The van der Waals surface area contributed by atoms with Crippen LogP contribution in [-0.4, -0.2) is 32.3 Å². The molecule has 1 fully saturated rings. The van der Waals surface area contributed by atoms with E-state index in [-0.39, 0.29) is 12.1 Å². The maximum Gasteiger partial charge on any atom is 0.338 e. The lowest BCUT2D eigenvalue weighted by molar-refractivity contribution is -0.146. The fraction of sp³-hybridized carbons (Fsp3) is 0.524. The van der Waals surface area contributed by atoms with Gasteiger partial charge < -0.3 is 24.8 Å². The van der Waals surface area contributed by atoms with Crippen LogP contribution < -0.4 is 20.1 Å². The van der Waals surface area contributed by atoms with Gasteiger partial charge in [-0.2, -0.15) is 0 Å². The summed E-state index contributed by atoms with van der Waals surface area (Å²) in [6.07, 6.45) is 3.77. The maximum absolute atomic E-state index is 13.0. The molecule has 1 aliphatic carbocycles.